The molecular weight excluding hydrogens is 284 g/mol. The number of imidazole rings is 1. The van der Waals surface area contributed by atoms with E-state index in [0.29, 0.717) is 6.42 Å². The highest BCUT2D eigenvalue weighted by Crippen LogP contribution is 2.37. The SMILES string of the molecule is OC(CC1C=C(c2ccccc2)c2cncn21)c1ccccc1. The summed E-state index contributed by atoms with van der Waals surface area (Å²) in [6.45, 7) is 0. The van der Waals surface area contributed by atoms with Crippen molar-refractivity contribution in [1.29, 1.82) is 0 Å². The fourth-order valence-electron chi connectivity index (χ4n) is 3.22. The Morgan fingerprint density at radius 2 is 1.70 bits per heavy atom. The Balaban J connectivity index is 1.64. The largest absolute Gasteiger partial charge is 0.388 e. The molecule has 0 saturated heterocycles. The predicted molar refractivity (Wildman–Crippen MR) is 90.8 cm³/mol. The summed E-state index contributed by atoms with van der Waals surface area (Å²) >= 11 is 0. The van der Waals surface area contributed by atoms with E-state index in [1.54, 1.807) is 0 Å². The second kappa shape index (κ2) is 5.86. The minimum atomic E-state index is -0.483. The van der Waals surface area contributed by atoms with Crippen molar-refractivity contribution in [3.8, 4) is 0 Å². The summed E-state index contributed by atoms with van der Waals surface area (Å²) in [6, 6.07) is 20.3. The minimum Gasteiger partial charge on any atom is -0.388 e. The van der Waals surface area contributed by atoms with Crippen molar-refractivity contribution >= 4 is 5.57 Å². The Morgan fingerprint density at radius 1 is 1.00 bits per heavy atom. The summed E-state index contributed by atoms with van der Waals surface area (Å²) in [5.74, 6) is 0. The zero-order valence-corrected chi connectivity index (χ0v) is 12.7. The Labute approximate surface area is 135 Å². The van der Waals surface area contributed by atoms with Crippen molar-refractivity contribution in [3.05, 3.63) is 96.1 Å². The quantitative estimate of drug-likeness (QED) is 0.791. The first kappa shape index (κ1) is 14.0. The minimum absolute atomic E-state index is 0.123. The smallest absolute Gasteiger partial charge is 0.0956 e. The maximum Gasteiger partial charge on any atom is 0.0956 e. The van der Waals surface area contributed by atoms with Crippen molar-refractivity contribution in [2.45, 2.75) is 18.6 Å². The van der Waals surface area contributed by atoms with E-state index in [2.05, 4.69) is 27.8 Å². The molecule has 2 unspecified atom stereocenters. The first-order valence-corrected chi connectivity index (χ1v) is 7.85. The first-order chi connectivity index (χ1) is 11.3. The zero-order valence-electron chi connectivity index (χ0n) is 12.7. The summed E-state index contributed by atoms with van der Waals surface area (Å²) in [5, 5.41) is 10.5. The third kappa shape index (κ3) is 2.60. The first-order valence-electron chi connectivity index (χ1n) is 7.85. The molecule has 2 aromatic carbocycles. The number of benzene rings is 2. The van der Waals surface area contributed by atoms with Gasteiger partial charge in [0.15, 0.2) is 0 Å². The van der Waals surface area contributed by atoms with Gasteiger partial charge in [0.1, 0.15) is 0 Å². The van der Waals surface area contributed by atoms with Crippen LogP contribution in [0.25, 0.3) is 5.57 Å². The standard InChI is InChI=1S/C20H18N2O/c23-20(16-9-5-2-6-10-16)12-17-11-18(15-7-3-1-4-8-15)19-13-21-14-22(17)19/h1-11,13-14,17,20,23H,12H2. The third-order valence-corrected chi connectivity index (χ3v) is 4.39. The molecule has 1 N–H and O–H groups in total. The van der Waals surface area contributed by atoms with Crippen LogP contribution < -0.4 is 0 Å². The number of hydrogen-bond donors (Lipinski definition) is 1. The number of nitrogens with zero attached hydrogens (tertiary/aromatic N) is 2. The number of aliphatic hydroxyl groups excluding tert-OH is 1. The summed E-state index contributed by atoms with van der Waals surface area (Å²) in [7, 11) is 0. The van der Waals surface area contributed by atoms with E-state index >= 15 is 0 Å². The lowest BCUT2D eigenvalue weighted by molar-refractivity contribution is 0.154. The van der Waals surface area contributed by atoms with Crippen LogP contribution in [0.5, 0.6) is 0 Å². The van der Waals surface area contributed by atoms with Gasteiger partial charge in [0.2, 0.25) is 0 Å². The summed E-state index contributed by atoms with van der Waals surface area (Å²) in [6.07, 6.45) is 6.14. The van der Waals surface area contributed by atoms with Crippen molar-refractivity contribution in [3.63, 3.8) is 0 Å². The van der Waals surface area contributed by atoms with Crippen LogP contribution in [0.15, 0.2) is 79.3 Å². The topological polar surface area (TPSA) is 38.1 Å². The van der Waals surface area contributed by atoms with Gasteiger partial charge in [0.25, 0.3) is 0 Å². The average molecular weight is 302 g/mol. The van der Waals surface area contributed by atoms with Crippen LogP contribution in [0.3, 0.4) is 0 Å². The number of rotatable bonds is 4. The van der Waals surface area contributed by atoms with Crippen LogP contribution in [-0.4, -0.2) is 14.7 Å². The molecule has 0 spiro atoms. The second-order valence-electron chi connectivity index (χ2n) is 5.86. The molecule has 3 aromatic rings. The highest BCUT2D eigenvalue weighted by atomic mass is 16.3. The van der Waals surface area contributed by atoms with E-state index in [-0.39, 0.29) is 6.04 Å². The second-order valence-corrected chi connectivity index (χ2v) is 5.86. The summed E-state index contributed by atoms with van der Waals surface area (Å²) in [5.41, 5.74) is 4.44. The van der Waals surface area contributed by atoms with Gasteiger partial charge in [0.05, 0.1) is 30.4 Å². The molecule has 0 radical (unpaired) electrons. The zero-order chi connectivity index (χ0) is 15.6. The molecule has 1 aromatic heterocycles. The van der Waals surface area contributed by atoms with Crippen LogP contribution >= 0.6 is 0 Å². The molecule has 0 bridgehead atoms. The van der Waals surface area contributed by atoms with Crippen LogP contribution in [0.2, 0.25) is 0 Å². The van der Waals surface area contributed by atoms with Crippen molar-refractivity contribution in [2.75, 3.05) is 0 Å². The van der Waals surface area contributed by atoms with Crippen molar-refractivity contribution in [1.82, 2.24) is 9.55 Å². The highest BCUT2D eigenvalue weighted by Gasteiger charge is 2.26. The van der Waals surface area contributed by atoms with Gasteiger partial charge in [-0.15, -0.1) is 0 Å². The van der Waals surface area contributed by atoms with Gasteiger partial charge in [-0.05, 0) is 11.1 Å². The van der Waals surface area contributed by atoms with E-state index in [4.69, 9.17) is 0 Å². The lowest BCUT2D eigenvalue weighted by Gasteiger charge is -2.17. The number of allylic oxidation sites excluding steroid dienone is 1. The Morgan fingerprint density at radius 3 is 2.43 bits per heavy atom. The van der Waals surface area contributed by atoms with E-state index in [1.807, 2.05) is 61.1 Å². The van der Waals surface area contributed by atoms with Crippen molar-refractivity contribution < 1.29 is 5.11 Å². The normalized spacial score (nSPS) is 17.6. The van der Waals surface area contributed by atoms with Gasteiger partial charge in [-0.2, -0.15) is 0 Å². The van der Waals surface area contributed by atoms with E-state index < -0.39 is 6.10 Å². The molecule has 3 nitrogen and oxygen atoms in total. The molecule has 114 valence electrons. The van der Waals surface area contributed by atoms with Crippen molar-refractivity contribution in [2.24, 2.45) is 0 Å². The summed E-state index contributed by atoms with van der Waals surface area (Å²) < 4.78 is 2.15. The monoisotopic (exact) mass is 302 g/mol. The number of aliphatic hydroxyl groups is 1. The third-order valence-electron chi connectivity index (χ3n) is 4.39. The molecule has 2 atom stereocenters. The number of aromatic nitrogens is 2. The maximum atomic E-state index is 10.5. The fraction of sp³-hybridized carbons (Fsp3) is 0.150. The average Bonchev–Trinajstić information content (AvgIpc) is 3.20. The lowest BCUT2D eigenvalue weighted by Crippen LogP contribution is -2.08. The predicted octanol–water partition coefficient (Wildman–Crippen LogP) is 3.99. The molecule has 4 rings (SSSR count). The Kier molecular flexibility index (Phi) is 3.56. The van der Waals surface area contributed by atoms with Crippen LogP contribution in [0.4, 0.5) is 0 Å². The van der Waals surface area contributed by atoms with Crippen LogP contribution in [0.1, 0.15) is 35.4 Å². The van der Waals surface area contributed by atoms with E-state index in [0.717, 1.165) is 11.3 Å². The van der Waals surface area contributed by atoms with Gasteiger partial charge in [-0.25, -0.2) is 4.98 Å². The van der Waals surface area contributed by atoms with Gasteiger partial charge in [0, 0.05) is 12.0 Å². The number of hydrogen-bond acceptors (Lipinski definition) is 2. The fourth-order valence-corrected chi connectivity index (χ4v) is 3.22. The van der Waals surface area contributed by atoms with Gasteiger partial charge in [-0.1, -0.05) is 66.7 Å². The molecule has 3 heteroatoms. The Hall–Kier alpha value is -2.65. The van der Waals surface area contributed by atoms with E-state index in [9.17, 15) is 5.11 Å². The maximum absolute atomic E-state index is 10.5. The van der Waals surface area contributed by atoms with E-state index in [1.165, 1.54) is 11.1 Å². The molecule has 1 aliphatic rings. The molecule has 0 saturated carbocycles. The van der Waals surface area contributed by atoms with Gasteiger partial charge < -0.3 is 9.67 Å². The molecule has 0 amide bonds. The summed E-state index contributed by atoms with van der Waals surface area (Å²) in [4.78, 5) is 4.29. The van der Waals surface area contributed by atoms with Crippen LogP contribution in [-0.2, 0) is 0 Å². The molecule has 23 heavy (non-hydrogen) atoms. The lowest BCUT2D eigenvalue weighted by atomic mass is 10.00. The number of fused-ring (bicyclic) bond motifs is 1. The van der Waals surface area contributed by atoms with Crippen LogP contribution in [0, 0.1) is 0 Å². The molecule has 0 fully saturated rings. The highest BCUT2D eigenvalue weighted by molar-refractivity contribution is 5.80. The van der Waals surface area contributed by atoms with Gasteiger partial charge >= 0.3 is 0 Å². The van der Waals surface area contributed by atoms with Gasteiger partial charge in [-0.3, -0.25) is 0 Å². The molecule has 0 aliphatic carbocycles. The molecule has 1 aliphatic heterocycles. The Bertz CT molecular complexity index is 821. The molecular formula is C20H18N2O. The molecule has 2 heterocycles.